The zero-order valence-electron chi connectivity index (χ0n) is 10.6. The number of nitrogens with zero attached hydrogens (tertiary/aromatic N) is 3. The topological polar surface area (TPSA) is 98.8 Å². The van der Waals surface area contributed by atoms with Crippen molar-refractivity contribution in [1.29, 1.82) is 0 Å². The number of sulfone groups is 1. The van der Waals surface area contributed by atoms with Crippen molar-refractivity contribution in [2.24, 2.45) is 0 Å². The summed E-state index contributed by atoms with van der Waals surface area (Å²) in [5.74, 6) is 0.345. The normalized spacial score (nSPS) is 11.7. The first-order valence-corrected chi connectivity index (χ1v) is 7.24. The minimum absolute atomic E-state index is 0.0275. The largest absolute Gasteiger partial charge is 0.382 e. The minimum Gasteiger partial charge on any atom is -0.382 e. The van der Waals surface area contributed by atoms with E-state index < -0.39 is 15.1 Å². The summed E-state index contributed by atoms with van der Waals surface area (Å²) in [6.45, 7) is 3.18. The van der Waals surface area contributed by atoms with Gasteiger partial charge in [-0.3, -0.25) is 4.98 Å². The Hall–Kier alpha value is -2.02. The summed E-state index contributed by atoms with van der Waals surface area (Å²) in [4.78, 5) is 12.0. The zero-order valence-corrected chi connectivity index (χ0v) is 11.4. The average molecular weight is 278 g/mol. The first-order chi connectivity index (χ1) is 8.93. The molecule has 7 heteroatoms. The van der Waals surface area contributed by atoms with Crippen molar-refractivity contribution in [1.82, 2.24) is 15.0 Å². The van der Waals surface area contributed by atoms with Crippen LogP contribution in [0.4, 0.5) is 5.82 Å². The Kier molecular flexibility index (Phi) is 3.48. The Labute approximate surface area is 111 Å². The Morgan fingerprint density at radius 3 is 2.37 bits per heavy atom. The van der Waals surface area contributed by atoms with Crippen LogP contribution in [-0.2, 0) is 9.84 Å². The lowest BCUT2D eigenvalue weighted by Crippen LogP contribution is -2.17. The molecule has 0 radical (unpaired) electrons. The molecule has 2 aromatic rings. The number of hydrogen-bond donors (Lipinski definition) is 1. The van der Waals surface area contributed by atoms with Gasteiger partial charge in [-0.1, -0.05) is 0 Å². The predicted molar refractivity (Wildman–Crippen MR) is 72.0 cm³/mol. The molecule has 0 fully saturated rings. The standard InChI is InChI=1S/C12H14N4O2S/c1-8(2)19(17,18)10-7-15-12(16-11(10)13)9-3-5-14-6-4-9/h3-8H,1-2H3,(H2,13,15,16). The van der Waals surface area contributed by atoms with Crippen LogP contribution >= 0.6 is 0 Å². The first kappa shape index (κ1) is 13.4. The number of nitrogen functional groups attached to an aromatic ring is 1. The highest BCUT2D eigenvalue weighted by molar-refractivity contribution is 7.92. The lowest BCUT2D eigenvalue weighted by Gasteiger charge is -2.10. The third-order valence-electron chi connectivity index (χ3n) is 2.65. The van der Waals surface area contributed by atoms with E-state index in [1.807, 2.05) is 0 Å². The van der Waals surface area contributed by atoms with E-state index in [1.54, 1.807) is 38.4 Å². The Morgan fingerprint density at radius 2 is 1.84 bits per heavy atom. The lowest BCUT2D eigenvalue weighted by molar-refractivity contribution is 0.587. The molecule has 0 aliphatic rings. The number of anilines is 1. The van der Waals surface area contributed by atoms with Crippen molar-refractivity contribution >= 4 is 15.7 Å². The van der Waals surface area contributed by atoms with E-state index in [2.05, 4.69) is 15.0 Å². The molecule has 6 nitrogen and oxygen atoms in total. The molecule has 0 aliphatic heterocycles. The number of nitrogens with two attached hydrogens (primary N) is 1. The van der Waals surface area contributed by atoms with Crippen LogP contribution in [0.5, 0.6) is 0 Å². The van der Waals surface area contributed by atoms with Crippen LogP contribution < -0.4 is 5.73 Å². The summed E-state index contributed by atoms with van der Waals surface area (Å²) in [6, 6.07) is 3.46. The molecule has 0 bridgehead atoms. The summed E-state index contributed by atoms with van der Waals surface area (Å²) < 4.78 is 24.1. The van der Waals surface area contributed by atoms with Crippen molar-refractivity contribution < 1.29 is 8.42 Å². The molecular formula is C12H14N4O2S. The van der Waals surface area contributed by atoms with E-state index in [1.165, 1.54) is 6.20 Å². The fourth-order valence-electron chi connectivity index (χ4n) is 1.50. The smallest absolute Gasteiger partial charge is 0.185 e. The van der Waals surface area contributed by atoms with E-state index in [0.717, 1.165) is 5.56 Å². The van der Waals surface area contributed by atoms with Gasteiger partial charge in [-0.2, -0.15) is 0 Å². The maximum atomic E-state index is 12.0. The van der Waals surface area contributed by atoms with Crippen LogP contribution in [0.15, 0.2) is 35.6 Å². The quantitative estimate of drug-likeness (QED) is 0.908. The maximum Gasteiger partial charge on any atom is 0.185 e. The number of rotatable bonds is 3. The molecule has 0 amide bonds. The summed E-state index contributed by atoms with van der Waals surface area (Å²) in [5, 5.41) is -0.565. The number of aromatic nitrogens is 3. The molecule has 0 atom stereocenters. The van der Waals surface area contributed by atoms with Gasteiger partial charge in [-0.25, -0.2) is 18.4 Å². The highest BCUT2D eigenvalue weighted by Gasteiger charge is 2.23. The van der Waals surface area contributed by atoms with Crippen molar-refractivity contribution in [3.63, 3.8) is 0 Å². The van der Waals surface area contributed by atoms with Crippen molar-refractivity contribution in [3.8, 4) is 11.4 Å². The van der Waals surface area contributed by atoms with E-state index in [-0.39, 0.29) is 10.7 Å². The maximum absolute atomic E-state index is 12.0. The van der Waals surface area contributed by atoms with Crippen molar-refractivity contribution in [2.75, 3.05) is 5.73 Å². The van der Waals surface area contributed by atoms with Gasteiger partial charge in [0.1, 0.15) is 10.7 Å². The average Bonchev–Trinajstić information content (AvgIpc) is 2.39. The van der Waals surface area contributed by atoms with E-state index in [9.17, 15) is 8.42 Å². The summed E-state index contributed by atoms with van der Waals surface area (Å²) >= 11 is 0. The Morgan fingerprint density at radius 1 is 1.21 bits per heavy atom. The molecule has 0 spiro atoms. The molecule has 2 heterocycles. The number of hydrogen-bond acceptors (Lipinski definition) is 6. The fraction of sp³-hybridized carbons (Fsp3) is 0.250. The SMILES string of the molecule is CC(C)S(=O)(=O)c1cnc(-c2ccncc2)nc1N. The van der Waals surface area contributed by atoms with Gasteiger partial charge in [0.2, 0.25) is 0 Å². The molecule has 0 saturated carbocycles. The van der Waals surface area contributed by atoms with Gasteiger partial charge in [-0.15, -0.1) is 0 Å². The van der Waals surface area contributed by atoms with Crippen molar-refractivity contribution in [2.45, 2.75) is 24.0 Å². The first-order valence-electron chi connectivity index (χ1n) is 5.69. The van der Waals surface area contributed by atoms with Crippen LogP contribution in [0, 0.1) is 0 Å². The molecule has 0 unspecified atom stereocenters. The number of pyridine rings is 1. The monoisotopic (exact) mass is 278 g/mol. The molecular weight excluding hydrogens is 264 g/mol. The summed E-state index contributed by atoms with van der Waals surface area (Å²) in [7, 11) is -3.47. The van der Waals surface area contributed by atoms with Gasteiger partial charge < -0.3 is 5.73 Å². The molecule has 0 aliphatic carbocycles. The second-order valence-corrected chi connectivity index (χ2v) is 6.75. The Bertz CT molecular complexity index is 684. The van der Waals surface area contributed by atoms with Crippen LogP contribution in [0.1, 0.15) is 13.8 Å². The Balaban J connectivity index is 2.50. The minimum atomic E-state index is -3.47. The molecule has 100 valence electrons. The molecule has 0 aromatic carbocycles. The molecule has 0 saturated heterocycles. The third-order valence-corrected chi connectivity index (χ3v) is 4.82. The van der Waals surface area contributed by atoms with Crippen LogP contribution in [0.3, 0.4) is 0 Å². The van der Waals surface area contributed by atoms with Gasteiger partial charge in [0.05, 0.1) is 11.4 Å². The van der Waals surface area contributed by atoms with Crippen LogP contribution in [0.2, 0.25) is 0 Å². The third kappa shape index (κ3) is 2.55. The second-order valence-electron chi connectivity index (χ2n) is 4.27. The lowest BCUT2D eigenvalue weighted by atomic mass is 10.2. The van der Waals surface area contributed by atoms with Gasteiger partial charge >= 0.3 is 0 Å². The van der Waals surface area contributed by atoms with E-state index >= 15 is 0 Å². The fourth-order valence-corrected chi connectivity index (χ4v) is 2.54. The van der Waals surface area contributed by atoms with Crippen LogP contribution in [0.25, 0.3) is 11.4 Å². The van der Waals surface area contributed by atoms with E-state index in [4.69, 9.17) is 5.73 Å². The van der Waals surface area contributed by atoms with Gasteiger partial charge in [0, 0.05) is 18.0 Å². The molecule has 2 rings (SSSR count). The van der Waals surface area contributed by atoms with Crippen LogP contribution in [-0.4, -0.2) is 28.6 Å². The molecule has 2 aromatic heterocycles. The summed E-state index contributed by atoms with van der Waals surface area (Å²) in [6.07, 6.45) is 4.47. The van der Waals surface area contributed by atoms with Gasteiger partial charge in [-0.05, 0) is 26.0 Å². The highest BCUT2D eigenvalue weighted by atomic mass is 32.2. The second kappa shape index (κ2) is 4.93. The van der Waals surface area contributed by atoms with Gasteiger partial charge in [0.15, 0.2) is 15.7 Å². The molecule has 2 N–H and O–H groups in total. The van der Waals surface area contributed by atoms with Gasteiger partial charge in [0.25, 0.3) is 0 Å². The van der Waals surface area contributed by atoms with E-state index in [0.29, 0.717) is 5.82 Å². The van der Waals surface area contributed by atoms with Crippen molar-refractivity contribution in [3.05, 3.63) is 30.7 Å². The highest BCUT2D eigenvalue weighted by Crippen LogP contribution is 2.23. The molecule has 19 heavy (non-hydrogen) atoms. The zero-order chi connectivity index (χ0) is 14.0. The predicted octanol–water partition coefficient (Wildman–Crippen LogP) is 1.30. The summed E-state index contributed by atoms with van der Waals surface area (Å²) in [5.41, 5.74) is 6.47.